The highest BCUT2D eigenvalue weighted by Crippen LogP contribution is 2.30. The molecule has 1 saturated heterocycles. The van der Waals surface area contributed by atoms with Crippen LogP contribution in [-0.4, -0.2) is 59.2 Å². The first-order chi connectivity index (χ1) is 15.6. The number of benzene rings is 2. The van der Waals surface area contributed by atoms with Gasteiger partial charge in [-0.1, -0.05) is 42.5 Å². The van der Waals surface area contributed by atoms with Gasteiger partial charge in [-0.3, -0.25) is 15.0 Å². The number of hydrogen-bond donors (Lipinski definition) is 0. The molecule has 9 heteroatoms. The Morgan fingerprint density at radius 1 is 1.09 bits per heavy atom. The second-order valence-corrected chi connectivity index (χ2v) is 7.27. The predicted octanol–water partition coefficient (Wildman–Crippen LogP) is 3.34. The number of nitrogens with zero attached hydrogens (tertiary/aromatic N) is 4. The van der Waals surface area contributed by atoms with Gasteiger partial charge in [0.1, 0.15) is 5.56 Å². The number of aromatic nitrogens is 2. The van der Waals surface area contributed by atoms with Gasteiger partial charge in [0.25, 0.3) is 5.69 Å². The number of carbonyl (C=O) groups excluding carboxylic acids is 1. The van der Waals surface area contributed by atoms with Gasteiger partial charge in [-0.25, -0.2) is 14.8 Å². The molecule has 0 saturated carbocycles. The molecule has 0 amide bonds. The van der Waals surface area contributed by atoms with Crippen molar-refractivity contribution in [1.82, 2.24) is 14.9 Å². The normalized spacial score (nSPS) is 14.2. The standard InChI is InChI=1S/C23H22N4O5/c1-31-23(28)20-19(15-26-10-12-32-13-11-26)24-22(16-6-3-2-4-7-16)25-21(20)17-8-5-9-18(14-17)27(29)30/h2-9,14H,10-13,15H2,1H3. The molecular weight excluding hydrogens is 412 g/mol. The maximum absolute atomic E-state index is 12.9. The van der Waals surface area contributed by atoms with Gasteiger partial charge in [0.2, 0.25) is 0 Å². The molecule has 0 unspecified atom stereocenters. The zero-order valence-corrected chi connectivity index (χ0v) is 17.6. The van der Waals surface area contributed by atoms with Crippen LogP contribution in [0.1, 0.15) is 16.1 Å². The molecule has 1 aliphatic rings. The van der Waals surface area contributed by atoms with E-state index >= 15 is 0 Å². The van der Waals surface area contributed by atoms with Gasteiger partial charge in [0.05, 0.1) is 36.6 Å². The highest BCUT2D eigenvalue weighted by atomic mass is 16.6. The van der Waals surface area contributed by atoms with Crippen LogP contribution in [-0.2, 0) is 16.0 Å². The molecule has 0 N–H and O–H groups in total. The number of hydrogen-bond acceptors (Lipinski definition) is 8. The first-order valence-corrected chi connectivity index (χ1v) is 10.2. The van der Waals surface area contributed by atoms with E-state index in [-0.39, 0.29) is 11.3 Å². The van der Waals surface area contributed by atoms with Gasteiger partial charge in [-0.05, 0) is 0 Å². The van der Waals surface area contributed by atoms with Crippen molar-refractivity contribution in [3.8, 4) is 22.6 Å². The summed E-state index contributed by atoms with van der Waals surface area (Å²) in [6, 6.07) is 15.5. The molecule has 0 aliphatic carbocycles. The summed E-state index contributed by atoms with van der Waals surface area (Å²) in [6.45, 7) is 3.01. The van der Waals surface area contributed by atoms with E-state index in [1.165, 1.54) is 19.2 Å². The zero-order valence-electron chi connectivity index (χ0n) is 17.6. The lowest BCUT2D eigenvalue weighted by molar-refractivity contribution is -0.384. The van der Waals surface area contributed by atoms with Crippen LogP contribution in [0.15, 0.2) is 54.6 Å². The number of nitro groups is 1. The summed E-state index contributed by atoms with van der Waals surface area (Å²) < 4.78 is 10.5. The third-order valence-corrected chi connectivity index (χ3v) is 5.21. The Labute approximate surface area is 184 Å². The van der Waals surface area contributed by atoms with E-state index in [4.69, 9.17) is 14.5 Å². The SMILES string of the molecule is COC(=O)c1c(CN2CCOCC2)nc(-c2ccccc2)nc1-c1cccc([N+](=O)[O-])c1. The van der Waals surface area contributed by atoms with Crippen LogP contribution in [0.4, 0.5) is 5.69 Å². The lowest BCUT2D eigenvalue weighted by Gasteiger charge is -2.27. The van der Waals surface area contributed by atoms with Gasteiger partial charge < -0.3 is 9.47 Å². The average Bonchev–Trinajstić information content (AvgIpc) is 2.84. The number of esters is 1. The predicted molar refractivity (Wildman–Crippen MR) is 117 cm³/mol. The summed E-state index contributed by atoms with van der Waals surface area (Å²) in [5.41, 5.74) is 2.15. The maximum atomic E-state index is 12.9. The first-order valence-electron chi connectivity index (χ1n) is 10.2. The summed E-state index contributed by atoms with van der Waals surface area (Å²) in [4.78, 5) is 35.2. The van der Waals surface area contributed by atoms with E-state index in [0.29, 0.717) is 55.6 Å². The molecule has 32 heavy (non-hydrogen) atoms. The van der Waals surface area contributed by atoms with Gasteiger partial charge in [-0.15, -0.1) is 0 Å². The van der Waals surface area contributed by atoms with Crippen molar-refractivity contribution in [1.29, 1.82) is 0 Å². The van der Waals surface area contributed by atoms with E-state index in [0.717, 1.165) is 5.56 Å². The van der Waals surface area contributed by atoms with E-state index < -0.39 is 10.9 Å². The molecule has 1 fully saturated rings. The highest BCUT2D eigenvalue weighted by molar-refractivity contribution is 5.97. The highest BCUT2D eigenvalue weighted by Gasteiger charge is 2.26. The minimum absolute atomic E-state index is 0.0899. The molecule has 164 valence electrons. The fraction of sp³-hybridized carbons (Fsp3) is 0.261. The summed E-state index contributed by atoms with van der Waals surface area (Å²) >= 11 is 0. The molecule has 1 aliphatic heterocycles. The van der Waals surface area contributed by atoms with Gasteiger partial charge >= 0.3 is 5.97 Å². The lowest BCUT2D eigenvalue weighted by Crippen LogP contribution is -2.36. The number of morpholine rings is 1. The first kappa shape index (κ1) is 21.5. The van der Waals surface area contributed by atoms with E-state index in [1.54, 1.807) is 12.1 Å². The lowest BCUT2D eigenvalue weighted by atomic mass is 10.0. The monoisotopic (exact) mass is 434 g/mol. The molecule has 1 aromatic heterocycles. The van der Waals surface area contributed by atoms with Crippen molar-refractivity contribution >= 4 is 11.7 Å². The Hall–Kier alpha value is -3.69. The Bertz CT molecular complexity index is 1130. The Balaban J connectivity index is 1.92. The number of methoxy groups -OCH3 is 1. The molecule has 3 aromatic rings. The molecule has 0 atom stereocenters. The number of non-ortho nitro benzene ring substituents is 1. The Kier molecular flexibility index (Phi) is 6.48. The second kappa shape index (κ2) is 9.63. The van der Waals surface area contributed by atoms with Crippen LogP contribution in [0.3, 0.4) is 0 Å². The summed E-state index contributed by atoms with van der Waals surface area (Å²) in [5, 5.41) is 11.3. The minimum atomic E-state index is -0.589. The fourth-order valence-corrected chi connectivity index (χ4v) is 3.60. The molecular formula is C23H22N4O5. The van der Waals surface area contributed by atoms with Crippen LogP contribution >= 0.6 is 0 Å². The molecule has 0 bridgehead atoms. The molecule has 4 rings (SSSR count). The summed E-state index contributed by atoms with van der Waals surface area (Å²) in [6.07, 6.45) is 0. The van der Waals surface area contributed by atoms with Crippen molar-refractivity contribution in [3.05, 3.63) is 76.0 Å². The maximum Gasteiger partial charge on any atom is 0.342 e. The van der Waals surface area contributed by atoms with Crippen LogP contribution in [0.25, 0.3) is 22.6 Å². The molecule has 0 spiro atoms. The minimum Gasteiger partial charge on any atom is -0.465 e. The van der Waals surface area contributed by atoms with Crippen LogP contribution in [0, 0.1) is 10.1 Å². The van der Waals surface area contributed by atoms with E-state index in [2.05, 4.69) is 9.88 Å². The van der Waals surface area contributed by atoms with Crippen LogP contribution in [0.5, 0.6) is 0 Å². The second-order valence-electron chi connectivity index (χ2n) is 7.27. The van der Waals surface area contributed by atoms with E-state index in [9.17, 15) is 14.9 Å². The summed E-state index contributed by atoms with van der Waals surface area (Å²) in [5.74, 6) is -0.155. The molecule has 0 radical (unpaired) electrons. The number of ether oxygens (including phenoxy) is 2. The third kappa shape index (κ3) is 4.63. The van der Waals surface area contributed by atoms with Gasteiger partial charge in [0, 0.05) is 42.9 Å². The third-order valence-electron chi connectivity index (χ3n) is 5.21. The number of rotatable bonds is 6. The fourth-order valence-electron chi connectivity index (χ4n) is 3.60. The van der Waals surface area contributed by atoms with Gasteiger partial charge in [-0.2, -0.15) is 0 Å². The molecule has 9 nitrogen and oxygen atoms in total. The van der Waals surface area contributed by atoms with Crippen molar-refractivity contribution < 1.29 is 19.2 Å². The summed E-state index contributed by atoms with van der Waals surface area (Å²) in [7, 11) is 1.29. The Morgan fingerprint density at radius 3 is 2.50 bits per heavy atom. The van der Waals surface area contributed by atoms with Crippen molar-refractivity contribution in [3.63, 3.8) is 0 Å². The van der Waals surface area contributed by atoms with Crippen molar-refractivity contribution in [2.75, 3.05) is 33.4 Å². The molecule has 2 aromatic carbocycles. The largest absolute Gasteiger partial charge is 0.465 e. The molecule has 2 heterocycles. The van der Waals surface area contributed by atoms with Crippen molar-refractivity contribution in [2.24, 2.45) is 0 Å². The smallest absolute Gasteiger partial charge is 0.342 e. The van der Waals surface area contributed by atoms with Crippen LogP contribution < -0.4 is 0 Å². The average molecular weight is 434 g/mol. The number of nitro benzene ring substituents is 1. The Morgan fingerprint density at radius 2 is 1.81 bits per heavy atom. The van der Waals surface area contributed by atoms with Gasteiger partial charge in [0.15, 0.2) is 5.82 Å². The number of carbonyl (C=O) groups is 1. The topological polar surface area (TPSA) is 108 Å². The zero-order chi connectivity index (χ0) is 22.5. The quantitative estimate of drug-likeness (QED) is 0.330. The van der Waals surface area contributed by atoms with Crippen LogP contribution in [0.2, 0.25) is 0 Å². The van der Waals surface area contributed by atoms with E-state index in [1.807, 2.05) is 30.3 Å². The van der Waals surface area contributed by atoms with Crippen molar-refractivity contribution in [2.45, 2.75) is 6.54 Å².